The van der Waals surface area contributed by atoms with Crippen LogP contribution in [0.5, 0.6) is 0 Å². The summed E-state index contributed by atoms with van der Waals surface area (Å²) in [6, 6.07) is 65.2. The highest BCUT2D eigenvalue weighted by Gasteiger charge is 2.53. The van der Waals surface area contributed by atoms with E-state index in [-0.39, 0.29) is 0 Å². The lowest BCUT2D eigenvalue weighted by Crippen LogP contribution is -2.26. The van der Waals surface area contributed by atoms with Crippen LogP contribution >= 0.6 is 7.95 Å². The number of hydrogen-bond donors (Lipinski definition) is 1. The minimum absolute atomic E-state index is 0.519. The van der Waals surface area contributed by atoms with Crippen LogP contribution in [0.1, 0.15) is 22.3 Å². The molecule has 254 valence electrons. The number of para-hydroxylation sites is 3. The molecule has 1 heterocycles. The first kappa shape index (κ1) is 30.8. The van der Waals surface area contributed by atoms with Crippen molar-refractivity contribution in [3.63, 3.8) is 0 Å². The number of hydrogen-bond acceptors (Lipinski definition) is 3. The average Bonchev–Trinajstić information content (AvgIpc) is 3.87. The predicted octanol–water partition coefficient (Wildman–Crippen LogP) is 12.9. The Labute approximate surface area is 313 Å². The smallest absolute Gasteiger partial charge is 0.456 e. The minimum atomic E-state index is -2.14. The maximum Gasteiger partial charge on any atom is 0.506 e. The number of nitrogens with one attached hydrogen (secondary N) is 1. The number of nitrogens with zero attached hydrogens (tertiary/aromatic N) is 1. The molecule has 0 saturated heterocycles. The molecule has 1 unspecified atom stereocenters. The Bertz CT molecular complexity index is 2920. The van der Waals surface area contributed by atoms with E-state index in [1.54, 1.807) is 0 Å². The second kappa shape index (κ2) is 11.9. The molecule has 0 bridgehead atoms. The van der Waals surface area contributed by atoms with Crippen molar-refractivity contribution in [3.8, 4) is 22.3 Å². The van der Waals surface area contributed by atoms with Crippen molar-refractivity contribution in [2.45, 2.75) is 5.41 Å². The zero-order valence-corrected chi connectivity index (χ0v) is 30.0. The molecular formula is C49H32N2O2P+. The summed E-state index contributed by atoms with van der Waals surface area (Å²) in [6.07, 6.45) is 0. The Hall–Kier alpha value is -6.74. The summed E-state index contributed by atoms with van der Waals surface area (Å²) < 4.78 is 23.7. The Morgan fingerprint density at radius 1 is 0.463 bits per heavy atom. The molecule has 1 aromatic heterocycles. The van der Waals surface area contributed by atoms with E-state index in [9.17, 15) is 0 Å². The molecule has 1 N–H and O–H groups in total. The molecule has 2 aliphatic carbocycles. The van der Waals surface area contributed by atoms with Crippen LogP contribution in [0.25, 0.3) is 44.2 Å². The van der Waals surface area contributed by atoms with Gasteiger partial charge in [0.15, 0.2) is 0 Å². The van der Waals surface area contributed by atoms with Crippen LogP contribution < -0.4 is 15.3 Å². The molecule has 0 saturated carbocycles. The van der Waals surface area contributed by atoms with Gasteiger partial charge in [-0.3, -0.25) is 0 Å². The van der Waals surface area contributed by atoms with Crippen molar-refractivity contribution in [1.29, 1.82) is 0 Å². The molecular weight excluding hydrogens is 680 g/mol. The summed E-state index contributed by atoms with van der Waals surface area (Å²) in [5.74, 6) is 0. The number of furan rings is 1. The van der Waals surface area contributed by atoms with E-state index in [0.29, 0.717) is 0 Å². The van der Waals surface area contributed by atoms with Gasteiger partial charge in [0.1, 0.15) is 16.9 Å². The lowest BCUT2D eigenvalue weighted by atomic mass is 9.70. The zero-order chi connectivity index (χ0) is 35.8. The highest BCUT2D eigenvalue weighted by molar-refractivity contribution is 7.55. The average molecular weight is 712 g/mol. The normalized spacial score (nSPS) is 13.4. The molecule has 8 aromatic carbocycles. The van der Waals surface area contributed by atoms with Crippen molar-refractivity contribution in [2.24, 2.45) is 0 Å². The maximum absolute atomic E-state index is 15.3. The highest BCUT2D eigenvalue weighted by Crippen LogP contribution is 2.65. The molecule has 0 radical (unpaired) electrons. The molecule has 0 amide bonds. The lowest BCUT2D eigenvalue weighted by Gasteiger charge is -2.30. The van der Waals surface area contributed by atoms with Gasteiger partial charge in [-0.1, -0.05) is 140 Å². The van der Waals surface area contributed by atoms with Gasteiger partial charge in [0.05, 0.1) is 27.9 Å². The third kappa shape index (κ3) is 4.26. The van der Waals surface area contributed by atoms with E-state index in [4.69, 9.17) is 4.42 Å². The van der Waals surface area contributed by atoms with E-state index in [1.165, 1.54) is 33.4 Å². The quantitative estimate of drug-likeness (QED) is 0.174. The fourth-order valence-corrected chi connectivity index (χ4v) is 10.5. The fourth-order valence-electron chi connectivity index (χ4n) is 9.09. The van der Waals surface area contributed by atoms with E-state index >= 15 is 4.57 Å². The number of fused-ring (bicyclic) bond motifs is 13. The van der Waals surface area contributed by atoms with Crippen molar-refractivity contribution in [2.75, 3.05) is 9.99 Å². The Morgan fingerprint density at radius 2 is 1.00 bits per heavy atom. The van der Waals surface area contributed by atoms with Crippen LogP contribution in [-0.4, -0.2) is 0 Å². The van der Waals surface area contributed by atoms with Gasteiger partial charge in [0, 0.05) is 10.9 Å². The van der Waals surface area contributed by atoms with Gasteiger partial charge in [-0.15, -0.1) is 4.67 Å². The third-order valence-electron chi connectivity index (χ3n) is 11.2. The lowest BCUT2D eigenvalue weighted by molar-refractivity contribution is 0.593. The number of anilines is 4. The topological polar surface area (TPSA) is 45.5 Å². The van der Waals surface area contributed by atoms with Crippen LogP contribution in [0.3, 0.4) is 0 Å². The largest absolute Gasteiger partial charge is 0.506 e. The van der Waals surface area contributed by atoms with Gasteiger partial charge in [0.2, 0.25) is 5.30 Å². The second-order valence-electron chi connectivity index (χ2n) is 13.9. The first-order valence-electron chi connectivity index (χ1n) is 18.2. The Kier molecular flexibility index (Phi) is 6.79. The van der Waals surface area contributed by atoms with E-state index in [0.717, 1.165) is 61.1 Å². The van der Waals surface area contributed by atoms with E-state index in [1.807, 2.05) is 72.8 Å². The highest BCUT2D eigenvalue weighted by atomic mass is 31.1. The summed E-state index contributed by atoms with van der Waals surface area (Å²) in [5.41, 5.74) is 14.3. The van der Waals surface area contributed by atoms with Gasteiger partial charge < -0.3 is 9.73 Å². The first-order chi connectivity index (χ1) is 26.7. The van der Waals surface area contributed by atoms with Crippen molar-refractivity contribution in [1.82, 2.24) is 0 Å². The number of benzene rings is 8. The summed E-state index contributed by atoms with van der Waals surface area (Å²) in [7, 11) is -2.14. The first-order valence-corrected chi connectivity index (χ1v) is 19.5. The van der Waals surface area contributed by atoms with Crippen molar-refractivity contribution >= 4 is 57.9 Å². The minimum Gasteiger partial charge on any atom is -0.456 e. The molecule has 0 aliphatic heterocycles. The maximum atomic E-state index is 15.3. The Morgan fingerprint density at radius 3 is 1.78 bits per heavy atom. The van der Waals surface area contributed by atoms with E-state index in [2.05, 4.69) is 125 Å². The summed E-state index contributed by atoms with van der Waals surface area (Å²) in [4.78, 5) is 0. The molecule has 1 atom stereocenters. The van der Waals surface area contributed by atoms with E-state index < -0.39 is 13.4 Å². The van der Waals surface area contributed by atoms with Gasteiger partial charge >= 0.3 is 7.95 Å². The third-order valence-corrected chi connectivity index (χ3v) is 12.7. The summed E-state index contributed by atoms with van der Waals surface area (Å²) >= 11 is 0. The van der Waals surface area contributed by atoms with Crippen LogP contribution in [-0.2, 0) is 9.98 Å². The van der Waals surface area contributed by atoms with Gasteiger partial charge in [-0.05, 0) is 92.0 Å². The van der Waals surface area contributed by atoms with Crippen LogP contribution in [0, 0.1) is 0 Å². The monoisotopic (exact) mass is 711 g/mol. The molecule has 0 fully saturated rings. The van der Waals surface area contributed by atoms with Crippen LogP contribution in [0.15, 0.2) is 192 Å². The fraction of sp³-hybridized carbons (Fsp3) is 0.0204. The van der Waals surface area contributed by atoms with Crippen molar-refractivity contribution < 1.29 is 8.98 Å². The molecule has 54 heavy (non-hydrogen) atoms. The molecule has 9 aromatic rings. The zero-order valence-electron chi connectivity index (χ0n) is 29.1. The Balaban J connectivity index is 1.17. The van der Waals surface area contributed by atoms with Crippen LogP contribution in [0.2, 0.25) is 0 Å². The number of rotatable bonds is 6. The molecule has 1 spiro atoms. The van der Waals surface area contributed by atoms with Crippen molar-refractivity contribution in [3.05, 3.63) is 210 Å². The van der Waals surface area contributed by atoms with Gasteiger partial charge in [0.25, 0.3) is 0 Å². The molecule has 5 heteroatoms. The SMILES string of the molecule is O=[P+](c1ccccc1)N(c1ccccc1Nc1cccc2oc3ccccc3c12)c1cccc2c1-c1ccccc1C21c2ccccc2-c2ccccc21. The summed E-state index contributed by atoms with van der Waals surface area (Å²) in [5, 5.41) is 6.58. The molecule has 11 rings (SSSR count). The second-order valence-corrected chi connectivity index (χ2v) is 15.4. The standard InChI is InChI=1S/C49H32N2O2P/c52-54(32-16-2-1-3-17-32)51(43-28-12-11-26-41(43)50-42-27-15-31-46-48(42)36-21-7-13-30-45(36)53-46)44-29-14-25-40-47(44)35-20-6-10-24-39(35)49(40)37-22-8-4-18-33(37)34-19-5-9-23-38(34)49/h1-31,50H/q+1. The molecule has 2 aliphatic rings. The predicted molar refractivity (Wildman–Crippen MR) is 222 cm³/mol. The van der Waals surface area contributed by atoms with Gasteiger partial charge in [-0.25, -0.2) is 0 Å². The molecule has 4 nitrogen and oxygen atoms in total. The van der Waals surface area contributed by atoms with Gasteiger partial charge in [-0.2, -0.15) is 0 Å². The van der Waals surface area contributed by atoms with Crippen LogP contribution in [0.4, 0.5) is 22.7 Å². The summed E-state index contributed by atoms with van der Waals surface area (Å²) in [6.45, 7) is 0.